The van der Waals surface area contributed by atoms with E-state index in [-0.39, 0.29) is 42.6 Å². The van der Waals surface area contributed by atoms with Gasteiger partial charge in [0.15, 0.2) is 5.65 Å². The summed E-state index contributed by atoms with van der Waals surface area (Å²) in [6.07, 6.45) is 0.526. The molecule has 0 aliphatic carbocycles. The number of aromatic nitrogens is 11. The van der Waals surface area contributed by atoms with Gasteiger partial charge >= 0.3 is 18.9 Å². The van der Waals surface area contributed by atoms with Crippen molar-refractivity contribution in [3.63, 3.8) is 0 Å². The van der Waals surface area contributed by atoms with Gasteiger partial charge in [-0.2, -0.15) is 4.57 Å². The molecule has 31 heteroatoms. The van der Waals surface area contributed by atoms with Crippen LogP contribution in [-0.4, -0.2) is 102 Å². The highest BCUT2D eigenvalue weighted by atomic mass is 79.9. The normalized spacial score (nSPS) is 14.1. The third-order valence-corrected chi connectivity index (χ3v) is 19.0. The highest BCUT2D eigenvalue weighted by Crippen LogP contribution is 2.38. The Morgan fingerprint density at radius 2 is 0.991 bits per heavy atom. The molecule has 12 aromatic rings. The Morgan fingerprint density at radius 3 is 1.48 bits per heavy atom. The van der Waals surface area contributed by atoms with Crippen LogP contribution in [0.15, 0.2) is 153 Å². The standard InChI is InChI=1S/C23H24N4O4.C19H17N3O2.C12H11N3O2.C11H18BNO3.C7H5BrN2O.C5H6BrN3/c1-14-19(15(2)31-25-14)17-11-12-18-20(24-17)26(13-16-9-7-6-8-10-16)21(28)27(18)22(29)30-23(3,4)5;1-12-18(13(2)24-21-12)16-9-8-15-10-17(23)22(19(15)20-16)11-14-6-4-3-5-7-14;1-6-11(7(2)17-15-6)9-4-3-8-5-10(16)14-12(8)13-9;1-7-9(8(2)14-13-7)12-15-10(3,4)11(5,6)16-12;8-5-2-1-4-3-6(11)10-7(4)9-5;6-4-2-1-3(7)5(8)9-4/h6-12H,13H2,1-5H3;3-9H,10-11H2,1-2H3;3-4H,5H2,1-2H3,(H,13,14,16);1-6H3;1-2H,3H2,(H,9,10,11);1-2H,7H2,(H2,8,9). The Labute approximate surface area is 639 Å². The van der Waals surface area contributed by atoms with Crippen LogP contribution in [0.3, 0.4) is 0 Å². The third kappa shape index (κ3) is 17.6. The number of carbonyl (C=O) groups excluding carboxylic acids is 4. The minimum absolute atomic E-state index is 0.0107. The summed E-state index contributed by atoms with van der Waals surface area (Å²) < 4.78 is 42.1. The SMILES string of the molecule is Cc1noc(C)c1-c1ccc2c(n1)N(Cc1ccccc1)C(=O)C2.Cc1noc(C)c1-c1ccc2c(n1)NC(=O)C2.Cc1noc(C)c1-c1ccc2c(n1)n(Cc1ccccc1)c(=O)n2C(=O)OC(C)(C)C.Cc1noc(C)c1B1OC(C)(C)C(C)(C)O1.Nc1ccc(Br)nc1N.O=C1Cc2ccc(Br)nc2N1. The first-order valence-electron chi connectivity index (χ1n) is 34.4. The van der Waals surface area contributed by atoms with Crippen molar-refractivity contribution < 1.29 is 51.3 Å². The van der Waals surface area contributed by atoms with E-state index in [0.29, 0.717) is 81.9 Å². The van der Waals surface area contributed by atoms with Crippen LogP contribution in [0.25, 0.3) is 44.9 Å². The van der Waals surface area contributed by atoms with Gasteiger partial charge in [-0.05, 0) is 189 Å². The van der Waals surface area contributed by atoms with E-state index in [0.717, 1.165) is 111 Å². The number of hydrogen-bond donors (Lipinski definition) is 4. The maximum Gasteiger partial charge on any atom is 0.500 e. The summed E-state index contributed by atoms with van der Waals surface area (Å²) in [7, 11) is -0.378. The van der Waals surface area contributed by atoms with Gasteiger partial charge in [0.2, 0.25) is 17.7 Å². The van der Waals surface area contributed by atoms with Crippen LogP contribution in [0.1, 0.15) is 122 Å². The van der Waals surface area contributed by atoms with Crippen LogP contribution in [-0.2, 0) is 60.8 Å². The molecule has 0 radical (unpaired) electrons. The van der Waals surface area contributed by atoms with E-state index in [2.05, 4.69) is 78.1 Å². The highest BCUT2D eigenvalue weighted by Gasteiger charge is 2.53. The van der Waals surface area contributed by atoms with Gasteiger partial charge in [-0.15, -0.1) is 0 Å². The first-order valence-corrected chi connectivity index (χ1v) is 36.0. The van der Waals surface area contributed by atoms with Gasteiger partial charge in [-0.1, -0.05) is 99.5 Å². The summed E-state index contributed by atoms with van der Waals surface area (Å²) in [6.45, 7) is 29.1. The lowest BCUT2D eigenvalue weighted by Crippen LogP contribution is -2.41. The predicted octanol–water partition coefficient (Wildman–Crippen LogP) is 13.5. The molecule has 10 aromatic heterocycles. The molecular formula is C77H81BBr2N16O12. The van der Waals surface area contributed by atoms with Gasteiger partial charge in [-0.3, -0.25) is 23.9 Å². The number of halogens is 2. The van der Waals surface area contributed by atoms with Crippen molar-refractivity contribution >= 4 is 108 Å². The molecule has 2 aromatic carbocycles. The second kappa shape index (κ2) is 32.0. The number of benzene rings is 2. The molecule has 4 aliphatic heterocycles. The largest absolute Gasteiger partial charge is 0.500 e. The molecule has 558 valence electrons. The van der Waals surface area contributed by atoms with Crippen molar-refractivity contribution in [1.29, 1.82) is 0 Å². The summed E-state index contributed by atoms with van der Waals surface area (Å²) in [5.74, 6) is 5.39. The summed E-state index contributed by atoms with van der Waals surface area (Å²) in [6, 6.07) is 37.8. The van der Waals surface area contributed by atoms with Crippen LogP contribution in [0.2, 0.25) is 0 Å². The zero-order valence-corrected chi connectivity index (χ0v) is 65.5. The fourth-order valence-electron chi connectivity index (χ4n) is 12.0. The number of imidazole rings is 1. The molecule has 6 N–H and O–H groups in total. The number of amides is 3. The molecule has 0 unspecified atom stereocenters. The maximum absolute atomic E-state index is 13.3. The smallest absolute Gasteiger partial charge is 0.443 e. The molecule has 14 heterocycles. The molecule has 0 saturated carbocycles. The quantitative estimate of drug-likeness (QED) is 0.0811. The van der Waals surface area contributed by atoms with Crippen LogP contribution in [0.4, 0.5) is 33.8 Å². The molecule has 28 nitrogen and oxygen atoms in total. The van der Waals surface area contributed by atoms with Gasteiger partial charge in [0.1, 0.15) is 66.6 Å². The zero-order valence-electron chi connectivity index (χ0n) is 62.3. The monoisotopic (exact) mass is 1590 g/mol. The number of carbonyl (C=O) groups is 4. The number of aryl methyl sites for hydroxylation is 8. The van der Waals surface area contributed by atoms with Crippen molar-refractivity contribution in [1.82, 2.24) is 54.7 Å². The lowest BCUT2D eigenvalue weighted by Gasteiger charge is -2.32. The van der Waals surface area contributed by atoms with Crippen molar-refractivity contribution in [2.24, 2.45) is 0 Å². The molecule has 3 amide bonds. The maximum atomic E-state index is 13.3. The summed E-state index contributed by atoms with van der Waals surface area (Å²) in [4.78, 5) is 84.3. The summed E-state index contributed by atoms with van der Waals surface area (Å²) in [5.41, 5.74) is 23.8. The predicted molar refractivity (Wildman–Crippen MR) is 415 cm³/mol. The number of nitrogens with zero attached hydrogens (tertiary/aromatic N) is 12. The Kier molecular flexibility index (Phi) is 23.1. The fraction of sp³-hybridized carbons (Fsp3) is 0.299. The molecule has 4 aliphatic rings. The number of nitrogens with one attached hydrogen (secondary N) is 2. The zero-order chi connectivity index (χ0) is 77.8. The Bertz CT molecular complexity index is 5340. The fourth-order valence-corrected chi connectivity index (χ4v) is 12.7. The molecule has 1 fully saturated rings. The number of hydrogen-bond acceptors (Lipinski definition) is 23. The summed E-state index contributed by atoms with van der Waals surface area (Å²) in [5, 5.41) is 21.2. The summed E-state index contributed by atoms with van der Waals surface area (Å²) >= 11 is 6.37. The molecule has 16 rings (SSSR count). The van der Waals surface area contributed by atoms with Gasteiger partial charge in [0.05, 0.1) is 106 Å². The molecule has 108 heavy (non-hydrogen) atoms. The Hall–Kier alpha value is -11.3. The van der Waals surface area contributed by atoms with E-state index in [9.17, 15) is 24.0 Å². The number of nitrogen functional groups attached to an aromatic ring is 2. The molecular weight excluding hydrogens is 1510 g/mol. The second-order valence-corrected chi connectivity index (χ2v) is 29.5. The van der Waals surface area contributed by atoms with Crippen LogP contribution >= 0.6 is 31.9 Å². The topological polar surface area (TPSA) is 371 Å². The minimum atomic E-state index is -0.742. The molecule has 1 saturated heterocycles. The van der Waals surface area contributed by atoms with Crippen molar-refractivity contribution in [3.8, 4) is 33.8 Å². The molecule has 0 atom stereocenters. The van der Waals surface area contributed by atoms with E-state index in [1.807, 2.05) is 180 Å². The van der Waals surface area contributed by atoms with Gasteiger partial charge < -0.3 is 54.2 Å². The number of anilines is 5. The van der Waals surface area contributed by atoms with Gasteiger partial charge in [-0.25, -0.2) is 34.5 Å². The van der Waals surface area contributed by atoms with E-state index in [4.69, 9.17) is 53.6 Å². The highest BCUT2D eigenvalue weighted by molar-refractivity contribution is 9.10. The second-order valence-electron chi connectivity index (χ2n) is 27.9. The van der Waals surface area contributed by atoms with Crippen LogP contribution in [0.5, 0.6) is 0 Å². The number of rotatable bonds is 8. The minimum Gasteiger partial charge on any atom is -0.443 e. The van der Waals surface area contributed by atoms with E-state index in [1.54, 1.807) is 49.9 Å². The first-order chi connectivity index (χ1) is 51.1. The lowest BCUT2D eigenvalue weighted by molar-refractivity contribution is -0.117. The number of fused-ring (bicyclic) bond motifs is 4. The lowest BCUT2D eigenvalue weighted by atomic mass is 9.77. The molecule has 0 bridgehead atoms. The van der Waals surface area contributed by atoms with Crippen molar-refractivity contribution in [3.05, 3.63) is 215 Å². The van der Waals surface area contributed by atoms with Crippen molar-refractivity contribution in [2.45, 2.75) is 153 Å². The Morgan fingerprint density at radius 1 is 0.537 bits per heavy atom. The van der Waals surface area contributed by atoms with Crippen LogP contribution in [0, 0.1) is 55.4 Å². The number of nitrogens with two attached hydrogens (primary N) is 2. The molecule has 0 spiro atoms. The average molecular weight is 1590 g/mol. The van der Waals surface area contributed by atoms with Crippen molar-refractivity contribution in [2.75, 3.05) is 27.0 Å². The van der Waals surface area contributed by atoms with Crippen LogP contribution < -0.4 is 38.2 Å². The van der Waals surface area contributed by atoms with E-state index >= 15 is 0 Å². The first kappa shape index (κ1) is 77.8. The van der Waals surface area contributed by atoms with Gasteiger partial charge in [0.25, 0.3) is 0 Å². The average Bonchev–Trinajstić information content (AvgIpc) is 1.60. The van der Waals surface area contributed by atoms with Gasteiger partial charge in [0, 0.05) is 22.2 Å². The third-order valence-electron chi connectivity index (χ3n) is 18.1. The van der Waals surface area contributed by atoms with E-state index < -0.39 is 17.4 Å². The number of ether oxygens (including phenoxy) is 1. The Balaban J connectivity index is 0.000000135. The van der Waals surface area contributed by atoms with E-state index in [1.165, 1.54) is 4.57 Å². The number of pyridine rings is 5.